The molecule has 2 aromatic carbocycles. The molecule has 1 aliphatic carbocycles. The number of nitrogens with one attached hydrogen (secondary N) is 1. The molecule has 1 saturated carbocycles. The van der Waals surface area contributed by atoms with Crippen LogP contribution in [0.5, 0.6) is 0 Å². The second kappa shape index (κ2) is 9.00. The van der Waals surface area contributed by atoms with Gasteiger partial charge in [0, 0.05) is 16.3 Å². The van der Waals surface area contributed by atoms with E-state index in [4.69, 9.17) is 4.98 Å². The Morgan fingerprint density at radius 2 is 1.86 bits per heavy atom. The second-order valence-corrected chi connectivity index (χ2v) is 9.06. The Hall–Kier alpha value is -2.33. The molecular formula is C25H28N2OS. The van der Waals surface area contributed by atoms with E-state index in [9.17, 15) is 4.79 Å². The van der Waals surface area contributed by atoms with E-state index in [0.717, 1.165) is 39.2 Å². The second-order valence-electron chi connectivity index (χ2n) is 7.97. The molecule has 1 fully saturated rings. The minimum atomic E-state index is 0.0190. The third-order valence-electron chi connectivity index (χ3n) is 5.92. The topological polar surface area (TPSA) is 42.0 Å². The lowest BCUT2D eigenvalue weighted by Gasteiger charge is -2.29. The molecule has 29 heavy (non-hydrogen) atoms. The van der Waals surface area contributed by atoms with Gasteiger partial charge in [0.2, 0.25) is 0 Å². The lowest BCUT2D eigenvalue weighted by atomic mass is 9.86. The fraction of sp³-hybridized carbons (Fsp3) is 0.360. The fourth-order valence-corrected chi connectivity index (χ4v) is 4.92. The summed E-state index contributed by atoms with van der Waals surface area (Å²) in [7, 11) is 0. The number of nitrogens with zero attached hydrogens (tertiary/aromatic N) is 1. The molecule has 1 heterocycles. The highest BCUT2D eigenvalue weighted by atomic mass is 32.2. The van der Waals surface area contributed by atoms with Crippen LogP contribution in [0.15, 0.2) is 64.5 Å². The number of amides is 1. The van der Waals surface area contributed by atoms with Gasteiger partial charge in [-0.15, -0.1) is 0 Å². The molecule has 4 rings (SSSR count). The van der Waals surface area contributed by atoms with Crippen molar-refractivity contribution in [1.82, 2.24) is 10.3 Å². The maximum atomic E-state index is 13.2. The van der Waals surface area contributed by atoms with E-state index in [-0.39, 0.29) is 11.9 Å². The van der Waals surface area contributed by atoms with Crippen molar-refractivity contribution in [1.29, 1.82) is 0 Å². The minimum absolute atomic E-state index is 0.0190. The Morgan fingerprint density at radius 3 is 2.62 bits per heavy atom. The van der Waals surface area contributed by atoms with Crippen LogP contribution in [0.4, 0.5) is 0 Å². The first kappa shape index (κ1) is 20.0. The molecule has 1 aliphatic rings. The number of carbonyl (C=O) groups is 1. The van der Waals surface area contributed by atoms with Gasteiger partial charge in [-0.05, 0) is 55.0 Å². The van der Waals surface area contributed by atoms with Gasteiger partial charge in [0.15, 0.2) is 0 Å². The average Bonchev–Trinajstić information content (AvgIpc) is 2.75. The summed E-state index contributed by atoms with van der Waals surface area (Å²) in [4.78, 5) is 19.1. The molecule has 1 N–H and O–H groups in total. The molecule has 0 aliphatic heterocycles. The van der Waals surface area contributed by atoms with Gasteiger partial charge in [-0.2, -0.15) is 0 Å². The summed E-state index contributed by atoms with van der Waals surface area (Å²) in [5.74, 6) is 0.553. The number of fused-ring (bicyclic) bond motifs is 1. The standard InChI is InChI=1S/C25H28N2OS/c1-3-18-12-14-19(15-13-18)29-24-16-21(20-9-5-7-11-23(20)26-24)25(28)27-22-10-6-4-8-17(22)2/h5,7,9,11-17,22H,3-4,6,8,10H2,1-2H3,(H,27,28). The van der Waals surface area contributed by atoms with E-state index < -0.39 is 0 Å². The molecule has 0 saturated heterocycles. The van der Waals surface area contributed by atoms with E-state index in [1.54, 1.807) is 11.8 Å². The first-order chi connectivity index (χ1) is 14.1. The Labute approximate surface area is 177 Å². The average molecular weight is 405 g/mol. The Balaban J connectivity index is 1.63. The summed E-state index contributed by atoms with van der Waals surface area (Å²) in [6, 6.07) is 18.7. The van der Waals surface area contributed by atoms with Gasteiger partial charge in [-0.25, -0.2) is 4.98 Å². The third-order valence-corrected chi connectivity index (χ3v) is 6.85. The van der Waals surface area contributed by atoms with Crippen molar-refractivity contribution in [2.75, 3.05) is 0 Å². The number of aryl methyl sites for hydroxylation is 1. The van der Waals surface area contributed by atoms with Crippen LogP contribution in [0.3, 0.4) is 0 Å². The van der Waals surface area contributed by atoms with Crippen LogP contribution in [-0.4, -0.2) is 16.9 Å². The van der Waals surface area contributed by atoms with Crippen LogP contribution < -0.4 is 5.32 Å². The number of aromatic nitrogens is 1. The molecular weight excluding hydrogens is 376 g/mol. The molecule has 1 amide bonds. The predicted octanol–water partition coefficient (Wildman–Crippen LogP) is 6.26. The lowest BCUT2D eigenvalue weighted by Crippen LogP contribution is -2.41. The number of benzene rings is 2. The van der Waals surface area contributed by atoms with Crippen molar-refractivity contribution >= 4 is 28.6 Å². The molecule has 2 atom stereocenters. The van der Waals surface area contributed by atoms with Crippen molar-refractivity contribution in [2.45, 2.75) is 61.9 Å². The Bertz CT molecular complexity index is 999. The summed E-state index contributed by atoms with van der Waals surface area (Å²) in [6.07, 6.45) is 5.76. The molecule has 0 spiro atoms. The quantitative estimate of drug-likeness (QED) is 0.546. The largest absolute Gasteiger partial charge is 0.349 e. The van der Waals surface area contributed by atoms with Gasteiger partial charge >= 0.3 is 0 Å². The molecule has 0 bridgehead atoms. The van der Waals surface area contributed by atoms with Crippen LogP contribution >= 0.6 is 11.8 Å². The number of para-hydroxylation sites is 1. The van der Waals surface area contributed by atoms with E-state index in [2.05, 4.69) is 43.4 Å². The Morgan fingerprint density at radius 1 is 1.10 bits per heavy atom. The number of carbonyl (C=O) groups excluding carboxylic acids is 1. The fourth-order valence-electron chi connectivity index (χ4n) is 4.08. The summed E-state index contributed by atoms with van der Waals surface area (Å²) in [5, 5.41) is 5.08. The van der Waals surface area contributed by atoms with Crippen molar-refractivity contribution in [3.05, 3.63) is 65.7 Å². The minimum Gasteiger partial charge on any atom is -0.349 e. The van der Waals surface area contributed by atoms with Crippen LogP contribution in [0.25, 0.3) is 10.9 Å². The summed E-state index contributed by atoms with van der Waals surface area (Å²) in [5.41, 5.74) is 2.91. The highest BCUT2D eigenvalue weighted by Crippen LogP contribution is 2.31. The third kappa shape index (κ3) is 4.64. The number of hydrogen-bond donors (Lipinski definition) is 1. The SMILES string of the molecule is CCc1ccc(Sc2cc(C(=O)NC3CCCCC3C)c3ccccc3n2)cc1. The van der Waals surface area contributed by atoms with Gasteiger partial charge in [0.1, 0.15) is 5.03 Å². The monoisotopic (exact) mass is 404 g/mol. The zero-order valence-corrected chi connectivity index (χ0v) is 18.0. The molecule has 150 valence electrons. The number of rotatable bonds is 5. The van der Waals surface area contributed by atoms with Gasteiger partial charge in [-0.1, -0.05) is 68.8 Å². The smallest absolute Gasteiger partial charge is 0.252 e. The van der Waals surface area contributed by atoms with Crippen molar-refractivity contribution in [3.63, 3.8) is 0 Å². The summed E-state index contributed by atoms with van der Waals surface area (Å²) >= 11 is 1.61. The molecule has 0 radical (unpaired) electrons. The normalized spacial score (nSPS) is 19.2. The maximum Gasteiger partial charge on any atom is 0.252 e. The van der Waals surface area contributed by atoms with Gasteiger partial charge in [0.25, 0.3) is 5.91 Å². The van der Waals surface area contributed by atoms with E-state index in [1.807, 2.05) is 30.3 Å². The van der Waals surface area contributed by atoms with Crippen molar-refractivity contribution < 1.29 is 4.79 Å². The zero-order chi connectivity index (χ0) is 20.2. The first-order valence-electron chi connectivity index (χ1n) is 10.6. The maximum absolute atomic E-state index is 13.2. The highest BCUT2D eigenvalue weighted by molar-refractivity contribution is 7.99. The molecule has 1 aromatic heterocycles. The summed E-state index contributed by atoms with van der Waals surface area (Å²) < 4.78 is 0. The Kier molecular flexibility index (Phi) is 6.19. The van der Waals surface area contributed by atoms with E-state index in [0.29, 0.717) is 5.92 Å². The van der Waals surface area contributed by atoms with Crippen LogP contribution in [-0.2, 0) is 6.42 Å². The van der Waals surface area contributed by atoms with Crippen LogP contribution in [0.2, 0.25) is 0 Å². The highest BCUT2D eigenvalue weighted by Gasteiger charge is 2.24. The number of pyridine rings is 1. The molecule has 3 nitrogen and oxygen atoms in total. The number of hydrogen-bond acceptors (Lipinski definition) is 3. The van der Waals surface area contributed by atoms with Gasteiger partial charge in [0.05, 0.1) is 11.1 Å². The van der Waals surface area contributed by atoms with E-state index >= 15 is 0 Å². The van der Waals surface area contributed by atoms with Crippen molar-refractivity contribution in [2.24, 2.45) is 5.92 Å². The van der Waals surface area contributed by atoms with E-state index in [1.165, 1.54) is 24.8 Å². The van der Waals surface area contributed by atoms with Crippen LogP contribution in [0, 0.1) is 5.92 Å². The van der Waals surface area contributed by atoms with Gasteiger partial charge in [-0.3, -0.25) is 4.79 Å². The molecule has 3 aromatic rings. The first-order valence-corrected chi connectivity index (χ1v) is 11.4. The summed E-state index contributed by atoms with van der Waals surface area (Å²) in [6.45, 7) is 4.40. The van der Waals surface area contributed by atoms with Gasteiger partial charge < -0.3 is 5.32 Å². The lowest BCUT2D eigenvalue weighted by molar-refractivity contribution is 0.0911. The zero-order valence-electron chi connectivity index (χ0n) is 17.2. The van der Waals surface area contributed by atoms with Crippen molar-refractivity contribution in [3.8, 4) is 0 Å². The molecule has 2 unspecified atom stereocenters. The van der Waals surface area contributed by atoms with Crippen LogP contribution in [0.1, 0.15) is 55.5 Å². The predicted molar refractivity (Wildman–Crippen MR) is 121 cm³/mol. The molecule has 4 heteroatoms.